The zero-order chi connectivity index (χ0) is 32.4. The van der Waals surface area contributed by atoms with E-state index in [2.05, 4.69) is 26.0 Å². The highest BCUT2D eigenvalue weighted by Crippen LogP contribution is 2.45. The van der Waals surface area contributed by atoms with Crippen LogP contribution >= 0.6 is 0 Å². The van der Waals surface area contributed by atoms with Crippen LogP contribution in [0.1, 0.15) is 71.8 Å². The van der Waals surface area contributed by atoms with Gasteiger partial charge < -0.3 is 30.1 Å². The second kappa shape index (κ2) is 12.9. The molecule has 3 heterocycles. The van der Waals surface area contributed by atoms with Gasteiger partial charge in [-0.25, -0.2) is 9.59 Å². The molecule has 0 unspecified atom stereocenters. The maximum atomic E-state index is 14.2. The summed E-state index contributed by atoms with van der Waals surface area (Å²) in [6, 6.07) is 4.66. The molecule has 0 spiro atoms. The molecule has 1 saturated heterocycles. The van der Waals surface area contributed by atoms with E-state index in [-0.39, 0.29) is 25.3 Å². The molecule has 3 N–H and O–H groups in total. The number of carboxylic acid groups (broad SMARTS) is 1. The summed E-state index contributed by atoms with van der Waals surface area (Å²) < 4.78 is 10.7. The minimum Gasteiger partial charge on any atom is -0.497 e. The fourth-order valence-electron chi connectivity index (χ4n) is 5.93. The van der Waals surface area contributed by atoms with E-state index in [0.717, 1.165) is 19.3 Å². The Morgan fingerprint density at radius 2 is 1.89 bits per heavy atom. The maximum absolute atomic E-state index is 14.2. The van der Waals surface area contributed by atoms with Gasteiger partial charge in [0.25, 0.3) is 0 Å². The zero-order valence-corrected chi connectivity index (χ0v) is 26.1. The van der Waals surface area contributed by atoms with Gasteiger partial charge in [0.2, 0.25) is 17.6 Å². The Morgan fingerprint density at radius 1 is 1.13 bits per heavy atom. The summed E-state index contributed by atoms with van der Waals surface area (Å²) in [5, 5.41) is 28.5. The lowest BCUT2D eigenvalue weighted by atomic mass is 10.0. The molecule has 2 fully saturated rings. The molecule has 5 atom stereocenters. The lowest BCUT2D eigenvalue weighted by Gasteiger charge is -2.30. The van der Waals surface area contributed by atoms with Crippen LogP contribution in [-0.4, -0.2) is 91.0 Å². The number of allylic oxidation sites excluding steroid dienone is 1. The summed E-state index contributed by atoms with van der Waals surface area (Å²) in [6.45, 7) is 5.26. The standard InChI is InChI=1S/C31H41N7O7/c1-30(2,3)45-29(43)32-23-11-9-7-5-6-8-10-20-17-31(20,28(41)42)33-26(39)24-16-21(18-37(24)27(23)40)38-35-25(34-36-38)19-12-14-22(44-4)15-13-19/h8,10,12-15,20-21,23-24H,5-7,9,11,16-18H2,1-4H3,(H,32,43)(H,33,39)(H,41,42)/t20-,21-,23+,24+,31-/m1/s1. The van der Waals surface area contributed by atoms with Crippen LogP contribution in [0, 0.1) is 5.92 Å². The first kappa shape index (κ1) is 31.9. The second-order valence-corrected chi connectivity index (χ2v) is 12.9. The van der Waals surface area contributed by atoms with E-state index < -0.39 is 53.1 Å². The van der Waals surface area contributed by atoms with Gasteiger partial charge in [-0.2, -0.15) is 4.80 Å². The largest absolute Gasteiger partial charge is 0.497 e. The number of benzene rings is 1. The number of alkyl carbamates (subject to hydrolysis) is 1. The Hall–Kier alpha value is -4.49. The molecular formula is C31H41N7O7. The third-order valence-corrected chi connectivity index (χ3v) is 8.43. The van der Waals surface area contributed by atoms with Crippen molar-refractivity contribution in [2.75, 3.05) is 13.7 Å². The average molecular weight is 624 g/mol. The molecule has 2 aliphatic heterocycles. The predicted molar refractivity (Wildman–Crippen MR) is 161 cm³/mol. The molecule has 1 saturated carbocycles. The van der Waals surface area contributed by atoms with Gasteiger partial charge >= 0.3 is 12.1 Å². The molecule has 2 aromatic rings. The van der Waals surface area contributed by atoms with Crippen molar-refractivity contribution >= 4 is 23.9 Å². The van der Waals surface area contributed by atoms with Crippen LogP contribution in [0.3, 0.4) is 0 Å². The predicted octanol–water partition coefficient (Wildman–Crippen LogP) is 2.86. The number of nitrogens with one attached hydrogen (secondary N) is 2. The lowest BCUT2D eigenvalue weighted by molar-refractivity contribution is -0.145. The highest BCUT2D eigenvalue weighted by molar-refractivity contribution is 5.96. The second-order valence-electron chi connectivity index (χ2n) is 12.9. The number of aliphatic carboxylic acids is 1. The number of carbonyl (C=O) groups is 4. The number of tetrazole rings is 1. The summed E-state index contributed by atoms with van der Waals surface area (Å²) in [5.74, 6) is -1.45. The highest BCUT2D eigenvalue weighted by Gasteiger charge is 2.61. The molecule has 14 heteroatoms. The van der Waals surface area contributed by atoms with Crippen molar-refractivity contribution in [3.63, 3.8) is 0 Å². The van der Waals surface area contributed by atoms with Gasteiger partial charge in [-0.05, 0) is 75.9 Å². The van der Waals surface area contributed by atoms with Crippen LogP contribution in [0.5, 0.6) is 5.75 Å². The first-order valence-electron chi connectivity index (χ1n) is 15.4. The average Bonchev–Trinajstić information content (AvgIpc) is 3.31. The normalized spacial score (nSPS) is 27.3. The Labute approximate surface area is 261 Å². The van der Waals surface area contributed by atoms with Crippen molar-refractivity contribution in [1.82, 2.24) is 35.7 Å². The third-order valence-electron chi connectivity index (χ3n) is 8.43. The monoisotopic (exact) mass is 623 g/mol. The SMILES string of the molecule is COc1ccc(-c2nnn([C@@H]3C[C@H]4C(=O)N[C@]5(C(=O)O)C[C@H]5C=CCCCCC[C@H](NC(=O)OC(C)(C)C)C(=O)N4C3)n2)cc1. The summed E-state index contributed by atoms with van der Waals surface area (Å²) in [4.78, 5) is 55.9. The number of carbonyl (C=O) groups excluding carboxylic acids is 3. The number of methoxy groups -OCH3 is 1. The van der Waals surface area contributed by atoms with Gasteiger partial charge in [0.05, 0.1) is 13.2 Å². The van der Waals surface area contributed by atoms with E-state index in [1.54, 1.807) is 52.1 Å². The molecule has 3 aliphatic rings. The number of aromatic nitrogens is 4. The molecule has 242 valence electrons. The zero-order valence-electron chi connectivity index (χ0n) is 26.1. The molecule has 1 aromatic heterocycles. The van der Waals surface area contributed by atoms with Crippen LogP contribution in [0.4, 0.5) is 4.79 Å². The Kier molecular flexibility index (Phi) is 9.12. The highest BCUT2D eigenvalue weighted by atomic mass is 16.6. The molecular weight excluding hydrogens is 582 g/mol. The van der Waals surface area contributed by atoms with Crippen LogP contribution in [0.15, 0.2) is 36.4 Å². The Balaban J connectivity index is 1.43. The van der Waals surface area contributed by atoms with E-state index in [4.69, 9.17) is 9.47 Å². The number of hydrogen-bond acceptors (Lipinski definition) is 9. The smallest absolute Gasteiger partial charge is 0.408 e. The molecule has 5 rings (SSSR count). The van der Waals surface area contributed by atoms with Crippen molar-refractivity contribution in [2.24, 2.45) is 5.92 Å². The van der Waals surface area contributed by atoms with E-state index in [1.807, 2.05) is 12.2 Å². The number of hydrogen-bond donors (Lipinski definition) is 3. The molecule has 0 radical (unpaired) electrons. The van der Waals surface area contributed by atoms with E-state index in [1.165, 1.54) is 9.70 Å². The molecule has 3 amide bonds. The van der Waals surface area contributed by atoms with Crippen molar-refractivity contribution in [3.05, 3.63) is 36.4 Å². The number of ether oxygens (including phenoxy) is 2. The molecule has 1 aliphatic carbocycles. The van der Waals surface area contributed by atoms with Crippen molar-refractivity contribution in [3.8, 4) is 17.1 Å². The fourth-order valence-corrected chi connectivity index (χ4v) is 5.93. The summed E-state index contributed by atoms with van der Waals surface area (Å²) in [6.07, 6.45) is 6.89. The maximum Gasteiger partial charge on any atom is 0.408 e. The Bertz CT molecular complexity index is 1450. The number of fused-ring (bicyclic) bond motifs is 2. The van der Waals surface area contributed by atoms with Crippen LogP contribution in [0.25, 0.3) is 11.4 Å². The third kappa shape index (κ3) is 7.26. The van der Waals surface area contributed by atoms with E-state index in [9.17, 15) is 24.3 Å². The molecule has 45 heavy (non-hydrogen) atoms. The summed E-state index contributed by atoms with van der Waals surface area (Å²) >= 11 is 0. The first-order chi connectivity index (χ1) is 21.4. The van der Waals surface area contributed by atoms with Gasteiger partial charge in [-0.15, -0.1) is 10.2 Å². The molecule has 14 nitrogen and oxygen atoms in total. The van der Waals surface area contributed by atoms with Crippen molar-refractivity contribution < 1.29 is 33.8 Å². The van der Waals surface area contributed by atoms with Gasteiger partial charge in [-0.3, -0.25) is 9.59 Å². The number of rotatable bonds is 5. The summed E-state index contributed by atoms with van der Waals surface area (Å²) in [5.41, 5.74) is -1.49. The number of carboxylic acids is 1. The van der Waals surface area contributed by atoms with Crippen molar-refractivity contribution in [2.45, 2.75) is 95.0 Å². The van der Waals surface area contributed by atoms with Gasteiger partial charge in [-0.1, -0.05) is 25.0 Å². The topological polar surface area (TPSA) is 178 Å². The van der Waals surface area contributed by atoms with Gasteiger partial charge in [0.1, 0.15) is 29.0 Å². The Morgan fingerprint density at radius 3 is 2.58 bits per heavy atom. The van der Waals surface area contributed by atoms with Crippen LogP contribution < -0.4 is 15.4 Å². The van der Waals surface area contributed by atoms with Gasteiger partial charge in [0, 0.05) is 24.4 Å². The van der Waals surface area contributed by atoms with Gasteiger partial charge in [0.15, 0.2) is 0 Å². The van der Waals surface area contributed by atoms with Crippen molar-refractivity contribution in [1.29, 1.82) is 0 Å². The summed E-state index contributed by atoms with van der Waals surface area (Å²) in [7, 11) is 1.57. The molecule has 1 aromatic carbocycles. The molecule has 0 bridgehead atoms. The quantitative estimate of drug-likeness (QED) is 0.420. The lowest BCUT2D eigenvalue weighted by Crippen LogP contribution is -2.56. The minimum atomic E-state index is -1.43. The number of nitrogens with zero attached hydrogens (tertiary/aromatic N) is 5. The first-order valence-corrected chi connectivity index (χ1v) is 15.4. The fraction of sp³-hybridized carbons (Fsp3) is 0.581. The number of amides is 3. The van der Waals surface area contributed by atoms with E-state index in [0.29, 0.717) is 30.0 Å². The van der Waals surface area contributed by atoms with Crippen LogP contribution in [0.2, 0.25) is 0 Å². The van der Waals surface area contributed by atoms with Crippen LogP contribution in [-0.2, 0) is 19.1 Å². The minimum absolute atomic E-state index is 0.0607. The van der Waals surface area contributed by atoms with E-state index >= 15 is 0 Å².